The molecular formula is C19H21ClN4O3. The number of piperazine rings is 1. The van der Waals surface area contributed by atoms with Crippen molar-refractivity contribution in [2.24, 2.45) is 0 Å². The van der Waals surface area contributed by atoms with Gasteiger partial charge in [-0.1, -0.05) is 28.9 Å². The van der Waals surface area contributed by atoms with E-state index in [9.17, 15) is 9.59 Å². The third-order valence-corrected chi connectivity index (χ3v) is 4.49. The van der Waals surface area contributed by atoms with Crippen LogP contribution in [-0.2, 0) is 9.59 Å². The maximum absolute atomic E-state index is 12.3. The molecule has 8 heteroatoms. The molecule has 3 rings (SSSR count). The van der Waals surface area contributed by atoms with Crippen molar-refractivity contribution in [2.45, 2.75) is 6.92 Å². The number of aromatic nitrogens is 1. The molecule has 142 valence electrons. The van der Waals surface area contributed by atoms with Gasteiger partial charge in [0.05, 0.1) is 6.54 Å². The van der Waals surface area contributed by atoms with E-state index in [2.05, 4.69) is 10.5 Å². The Labute approximate surface area is 162 Å². The molecule has 1 aromatic heterocycles. The third-order valence-electron chi connectivity index (χ3n) is 4.23. The van der Waals surface area contributed by atoms with Crippen molar-refractivity contribution in [2.75, 3.05) is 38.0 Å². The summed E-state index contributed by atoms with van der Waals surface area (Å²) >= 11 is 5.85. The van der Waals surface area contributed by atoms with Gasteiger partial charge in [-0.3, -0.25) is 14.5 Å². The Bertz CT molecular complexity index is 824. The molecule has 1 saturated heterocycles. The van der Waals surface area contributed by atoms with Gasteiger partial charge in [0.2, 0.25) is 11.8 Å². The van der Waals surface area contributed by atoms with Crippen LogP contribution < -0.4 is 5.32 Å². The molecule has 1 fully saturated rings. The van der Waals surface area contributed by atoms with E-state index in [4.69, 9.17) is 16.1 Å². The zero-order valence-corrected chi connectivity index (χ0v) is 15.8. The summed E-state index contributed by atoms with van der Waals surface area (Å²) in [5.41, 5.74) is 0.922. The number of hydrogen-bond donors (Lipinski definition) is 1. The van der Waals surface area contributed by atoms with Crippen molar-refractivity contribution in [3.63, 3.8) is 0 Å². The predicted molar refractivity (Wildman–Crippen MR) is 103 cm³/mol. The lowest BCUT2D eigenvalue weighted by molar-refractivity contribution is -0.127. The topological polar surface area (TPSA) is 78.7 Å². The number of nitrogens with one attached hydrogen (secondary N) is 1. The number of nitrogens with zero attached hydrogens (tertiary/aromatic N) is 3. The summed E-state index contributed by atoms with van der Waals surface area (Å²) in [6, 6.07) is 8.96. The lowest BCUT2D eigenvalue weighted by Crippen LogP contribution is -2.50. The van der Waals surface area contributed by atoms with Gasteiger partial charge in [0.1, 0.15) is 5.76 Å². The fourth-order valence-electron chi connectivity index (χ4n) is 2.78. The monoisotopic (exact) mass is 388 g/mol. The molecule has 1 aromatic carbocycles. The summed E-state index contributed by atoms with van der Waals surface area (Å²) in [6.45, 7) is 4.48. The van der Waals surface area contributed by atoms with Gasteiger partial charge >= 0.3 is 0 Å². The molecule has 1 aliphatic rings. The van der Waals surface area contributed by atoms with Crippen LogP contribution in [0.5, 0.6) is 0 Å². The summed E-state index contributed by atoms with van der Waals surface area (Å²) in [4.78, 5) is 28.1. The highest BCUT2D eigenvalue weighted by atomic mass is 35.5. The number of halogens is 1. The zero-order chi connectivity index (χ0) is 19.2. The summed E-state index contributed by atoms with van der Waals surface area (Å²) in [5, 5.41) is 7.11. The van der Waals surface area contributed by atoms with Gasteiger partial charge in [-0.2, -0.15) is 0 Å². The molecule has 1 aliphatic heterocycles. The molecule has 1 N–H and O–H groups in total. The van der Waals surface area contributed by atoms with Gasteiger partial charge in [-0.25, -0.2) is 0 Å². The van der Waals surface area contributed by atoms with Crippen molar-refractivity contribution < 1.29 is 14.1 Å². The Morgan fingerprint density at radius 2 is 1.93 bits per heavy atom. The molecule has 2 heterocycles. The molecule has 0 radical (unpaired) electrons. The predicted octanol–water partition coefficient (Wildman–Crippen LogP) is 2.43. The van der Waals surface area contributed by atoms with Crippen LogP contribution in [-0.4, -0.2) is 59.5 Å². The second kappa shape index (κ2) is 8.83. The van der Waals surface area contributed by atoms with Crippen LogP contribution in [0, 0.1) is 6.92 Å². The van der Waals surface area contributed by atoms with Crippen LogP contribution in [0.4, 0.5) is 5.82 Å². The van der Waals surface area contributed by atoms with E-state index in [1.54, 1.807) is 42.2 Å². The minimum Gasteiger partial charge on any atom is -0.360 e. The molecule has 0 aliphatic carbocycles. The molecule has 0 bridgehead atoms. The van der Waals surface area contributed by atoms with Gasteiger partial charge in [-0.05, 0) is 30.7 Å². The first kappa shape index (κ1) is 19.1. The Kier molecular flexibility index (Phi) is 6.26. The summed E-state index contributed by atoms with van der Waals surface area (Å²) in [7, 11) is 0. The van der Waals surface area contributed by atoms with Crippen LogP contribution in [0.15, 0.2) is 40.9 Å². The molecule has 0 spiro atoms. The van der Waals surface area contributed by atoms with Gasteiger partial charge in [0, 0.05) is 43.3 Å². The van der Waals surface area contributed by atoms with Gasteiger partial charge < -0.3 is 14.7 Å². The smallest absolute Gasteiger partial charge is 0.246 e. The van der Waals surface area contributed by atoms with Crippen molar-refractivity contribution in [3.05, 3.63) is 52.8 Å². The van der Waals surface area contributed by atoms with Gasteiger partial charge in [-0.15, -0.1) is 0 Å². The minimum atomic E-state index is -0.147. The summed E-state index contributed by atoms with van der Waals surface area (Å²) in [6.07, 6.45) is 3.34. The van der Waals surface area contributed by atoms with Crippen LogP contribution in [0.1, 0.15) is 11.3 Å². The standard InChI is InChI=1S/C19H21ClN4O3/c1-14-12-17(22-27-14)21-18(25)13-23-8-10-24(11-9-23)19(26)7-4-15-2-5-16(20)6-3-15/h2-7,12H,8-11,13H2,1H3,(H,21,22,25)/b7-4+. The van der Waals surface area contributed by atoms with E-state index in [-0.39, 0.29) is 18.4 Å². The molecular weight excluding hydrogens is 368 g/mol. The van der Waals surface area contributed by atoms with Crippen LogP contribution in [0.2, 0.25) is 5.02 Å². The van der Waals surface area contributed by atoms with Gasteiger partial charge in [0.15, 0.2) is 5.82 Å². The SMILES string of the molecule is Cc1cc(NC(=O)CN2CCN(C(=O)/C=C/c3ccc(Cl)cc3)CC2)no1. The largest absolute Gasteiger partial charge is 0.360 e. The second-order valence-corrected chi connectivity index (χ2v) is 6.79. The van der Waals surface area contributed by atoms with Gasteiger partial charge in [0.25, 0.3) is 0 Å². The number of carbonyl (C=O) groups is 2. The maximum atomic E-state index is 12.3. The van der Waals surface area contributed by atoms with Crippen molar-refractivity contribution in [3.8, 4) is 0 Å². The number of hydrogen-bond acceptors (Lipinski definition) is 5. The first-order valence-electron chi connectivity index (χ1n) is 8.68. The second-order valence-electron chi connectivity index (χ2n) is 6.36. The lowest BCUT2D eigenvalue weighted by atomic mass is 10.2. The highest BCUT2D eigenvalue weighted by Crippen LogP contribution is 2.11. The number of amides is 2. The molecule has 2 amide bonds. The summed E-state index contributed by atoms with van der Waals surface area (Å²) in [5.74, 6) is 0.876. The quantitative estimate of drug-likeness (QED) is 0.796. The van der Waals surface area contributed by atoms with Crippen LogP contribution in [0.3, 0.4) is 0 Å². The average molecular weight is 389 g/mol. The van der Waals surface area contributed by atoms with E-state index in [1.807, 2.05) is 17.0 Å². The van der Waals surface area contributed by atoms with Crippen molar-refractivity contribution in [1.29, 1.82) is 0 Å². The number of anilines is 1. The Balaban J connectivity index is 1.43. The molecule has 7 nitrogen and oxygen atoms in total. The first-order chi connectivity index (χ1) is 13.0. The molecule has 27 heavy (non-hydrogen) atoms. The Hall–Kier alpha value is -2.64. The molecule has 0 saturated carbocycles. The zero-order valence-electron chi connectivity index (χ0n) is 15.0. The maximum Gasteiger partial charge on any atom is 0.246 e. The normalized spacial score (nSPS) is 15.3. The number of carbonyl (C=O) groups excluding carboxylic acids is 2. The van der Waals surface area contributed by atoms with Crippen molar-refractivity contribution in [1.82, 2.24) is 15.0 Å². The first-order valence-corrected chi connectivity index (χ1v) is 9.05. The number of rotatable bonds is 5. The minimum absolute atomic E-state index is 0.0351. The fourth-order valence-corrected chi connectivity index (χ4v) is 2.91. The van der Waals surface area contributed by atoms with E-state index < -0.39 is 0 Å². The Morgan fingerprint density at radius 3 is 2.56 bits per heavy atom. The van der Waals surface area contributed by atoms with Crippen LogP contribution in [0.25, 0.3) is 6.08 Å². The summed E-state index contributed by atoms with van der Waals surface area (Å²) < 4.78 is 4.92. The highest BCUT2D eigenvalue weighted by Gasteiger charge is 2.21. The molecule has 0 atom stereocenters. The van der Waals surface area contributed by atoms with Crippen LogP contribution >= 0.6 is 11.6 Å². The fraction of sp³-hybridized carbons (Fsp3) is 0.316. The average Bonchev–Trinajstić information content (AvgIpc) is 3.06. The van der Waals surface area contributed by atoms with Crippen molar-refractivity contribution >= 4 is 35.3 Å². The van der Waals surface area contributed by atoms with E-state index in [0.717, 1.165) is 5.56 Å². The third kappa shape index (κ3) is 5.67. The molecule has 2 aromatic rings. The van der Waals surface area contributed by atoms with E-state index in [1.165, 1.54) is 0 Å². The molecule has 0 unspecified atom stereocenters. The Morgan fingerprint density at radius 1 is 1.22 bits per heavy atom. The highest BCUT2D eigenvalue weighted by molar-refractivity contribution is 6.30. The lowest BCUT2D eigenvalue weighted by Gasteiger charge is -2.33. The number of benzene rings is 1. The van der Waals surface area contributed by atoms with E-state index in [0.29, 0.717) is 42.8 Å². The van der Waals surface area contributed by atoms with E-state index >= 15 is 0 Å². The number of aryl methyl sites for hydroxylation is 1.